The number of benzene rings is 3. The van der Waals surface area contributed by atoms with Crippen LogP contribution in [-0.2, 0) is 31.0 Å². The summed E-state index contributed by atoms with van der Waals surface area (Å²) in [6, 6.07) is 25.0. The van der Waals surface area contributed by atoms with Gasteiger partial charge in [-0.2, -0.15) is 0 Å². The summed E-state index contributed by atoms with van der Waals surface area (Å²) in [6.45, 7) is 5.38. The second-order valence-corrected chi connectivity index (χ2v) is 8.32. The molecule has 0 amide bonds. The lowest BCUT2D eigenvalue weighted by molar-refractivity contribution is -0.137. The quantitative estimate of drug-likeness (QED) is 0.431. The molecule has 0 fully saturated rings. The number of hydrogen-bond acceptors (Lipinski definition) is 3. The molecular weight excluding hydrogens is 398 g/mol. The van der Waals surface area contributed by atoms with Gasteiger partial charge in [-0.1, -0.05) is 72.8 Å². The molecule has 1 atom stereocenters. The van der Waals surface area contributed by atoms with E-state index in [1.165, 1.54) is 16.7 Å². The minimum absolute atomic E-state index is 0.0837. The summed E-state index contributed by atoms with van der Waals surface area (Å²) in [6.07, 6.45) is 3.90. The van der Waals surface area contributed by atoms with E-state index in [2.05, 4.69) is 53.4 Å². The molecule has 0 unspecified atom stereocenters. The number of rotatable bonds is 9. The molecule has 4 heteroatoms. The Morgan fingerprint density at radius 3 is 2.19 bits per heavy atom. The number of fused-ring (bicyclic) bond motifs is 1. The predicted molar refractivity (Wildman–Crippen MR) is 126 cm³/mol. The van der Waals surface area contributed by atoms with Crippen molar-refractivity contribution in [2.24, 2.45) is 0 Å². The lowest BCUT2D eigenvalue weighted by atomic mass is 9.95. The predicted octanol–water partition coefficient (Wildman–Crippen LogP) is 5.92. The van der Waals surface area contributed by atoms with Crippen molar-refractivity contribution in [1.29, 1.82) is 0 Å². The molecule has 3 aromatic carbocycles. The van der Waals surface area contributed by atoms with E-state index in [1.807, 2.05) is 43.3 Å². The Kier molecular flexibility index (Phi) is 7.03. The zero-order chi connectivity index (χ0) is 22.3. The zero-order valence-corrected chi connectivity index (χ0v) is 18.4. The van der Waals surface area contributed by atoms with Crippen molar-refractivity contribution < 1.29 is 14.6 Å². The van der Waals surface area contributed by atoms with E-state index in [9.17, 15) is 4.79 Å². The molecule has 32 heavy (non-hydrogen) atoms. The third-order valence-electron chi connectivity index (χ3n) is 5.87. The number of allylic oxidation sites excluding steroid dienone is 2. The Morgan fingerprint density at radius 2 is 1.59 bits per heavy atom. The van der Waals surface area contributed by atoms with Gasteiger partial charge in [0.2, 0.25) is 0 Å². The summed E-state index contributed by atoms with van der Waals surface area (Å²) < 4.78 is 5.94. The van der Waals surface area contributed by atoms with Gasteiger partial charge in [0.15, 0.2) is 0 Å². The molecule has 0 saturated carbocycles. The van der Waals surface area contributed by atoms with Crippen LogP contribution in [0, 0.1) is 0 Å². The maximum Gasteiger partial charge on any atom is 0.304 e. The van der Waals surface area contributed by atoms with Gasteiger partial charge < -0.3 is 9.84 Å². The molecule has 0 aliphatic carbocycles. The molecule has 0 spiro atoms. The molecule has 1 aliphatic heterocycles. The van der Waals surface area contributed by atoms with Gasteiger partial charge in [0.05, 0.1) is 6.42 Å². The minimum Gasteiger partial charge on any atom is -0.489 e. The fraction of sp³-hybridized carbons (Fsp3) is 0.250. The Labute approximate surface area is 189 Å². The summed E-state index contributed by atoms with van der Waals surface area (Å²) in [7, 11) is 0. The maximum absolute atomic E-state index is 11.1. The van der Waals surface area contributed by atoms with Gasteiger partial charge in [-0.3, -0.25) is 9.69 Å². The Bertz CT molecular complexity index is 1050. The maximum atomic E-state index is 11.1. The Hall–Kier alpha value is -3.37. The Balaban J connectivity index is 1.29. The van der Waals surface area contributed by atoms with E-state index in [1.54, 1.807) is 0 Å². The van der Waals surface area contributed by atoms with Crippen LogP contribution in [0.5, 0.6) is 5.75 Å². The zero-order valence-electron chi connectivity index (χ0n) is 18.4. The van der Waals surface area contributed by atoms with Crippen LogP contribution >= 0.6 is 0 Å². The van der Waals surface area contributed by atoms with Crippen molar-refractivity contribution >= 4 is 5.97 Å². The van der Waals surface area contributed by atoms with Gasteiger partial charge in [0.25, 0.3) is 0 Å². The second kappa shape index (κ2) is 10.3. The average molecular weight is 428 g/mol. The van der Waals surface area contributed by atoms with E-state index in [4.69, 9.17) is 9.84 Å². The molecule has 0 aromatic heterocycles. The van der Waals surface area contributed by atoms with Gasteiger partial charge in [0.1, 0.15) is 12.4 Å². The summed E-state index contributed by atoms with van der Waals surface area (Å²) in [4.78, 5) is 13.6. The molecule has 0 bridgehead atoms. The average Bonchev–Trinajstić information content (AvgIpc) is 3.21. The fourth-order valence-corrected chi connectivity index (χ4v) is 4.21. The normalized spacial score (nSPS) is 14.4. The van der Waals surface area contributed by atoms with E-state index in [0.717, 1.165) is 36.5 Å². The van der Waals surface area contributed by atoms with E-state index in [-0.39, 0.29) is 12.3 Å². The van der Waals surface area contributed by atoms with Crippen LogP contribution in [0.2, 0.25) is 0 Å². The van der Waals surface area contributed by atoms with Crippen LogP contribution in [0.3, 0.4) is 0 Å². The number of ether oxygens (including phenoxy) is 1. The summed E-state index contributed by atoms with van der Waals surface area (Å²) in [5.41, 5.74) is 6.28. The third kappa shape index (κ3) is 5.65. The molecule has 1 N–H and O–H groups in total. The van der Waals surface area contributed by atoms with Gasteiger partial charge >= 0.3 is 5.97 Å². The van der Waals surface area contributed by atoms with Crippen LogP contribution in [0.15, 0.2) is 84.9 Å². The van der Waals surface area contributed by atoms with Crippen LogP contribution in [0.1, 0.15) is 47.1 Å². The number of aliphatic carboxylic acids is 1. The molecule has 1 heterocycles. The SMILES string of the molecule is CC=C[C@H](CC(=O)O)c1ccc(OCc2ccc(CN3Cc4ccccc4C3)cc2)cc1. The summed E-state index contributed by atoms with van der Waals surface area (Å²) in [5.74, 6) is -0.143. The van der Waals surface area contributed by atoms with Crippen LogP contribution in [-0.4, -0.2) is 16.0 Å². The monoisotopic (exact) mass is 427 g/mol. The van der Waals surface area contributed by atoms with Gasteiger partial charge in [0, 0.05) is 25.6 Å². The number of carbonyl (C=O) groups is 1. The first-order valence-corrected chi connectivity index (χ1v) is 11.0. The smallest absolute Gasteiger partial charge is 0.304 e. The highest BCUT2D eigenvalue weighted by molar-refractivity contribution is 5.68. The number of nitrogens with zero attached hydrogens (tertiary/aromatic N) is 1. The summed E-state index contributed by atoms with van der Waals surface area (Å²) in [5, 5.41) is 9.12. The third-order valence-corrected chi connectivity index (χ3v) is 5.87. The highest BCUT2D eigenvalue weighted by atomic mass is 16.5. The van der Waals surface area contributed by atoms with Crippen molar-refractivity contribution in [2.45, 2.75) is 45.5 Å². The Morgan fingerprint density at radius 1 is 0.969 bits per heavy atom. The molecule has 0 saturated heterocycles. The first kappa shape index (κ1) is 21.8. The van der Waals surface area contributed by atoms with Crippen LogP contribution < -0.4 is 4.74 Å². The minimum atomic E-state index is -0.800. The van der Waals surface area contributed by atoms with Crippen molar-refractivity contribution in [1.82, 2.24) is 4.90 Å². The van der Waals surface area contributed by atoms with Gasteiger partial charge in [-0.25, -0.2) is 0 Å². The topological polar surface area (TPSA) is 49.8 Å². The van der Waals surface area contributed by atoms with Crippen molar-refractivity contribution in [3.05, 3.63) is 113 Å². The lowest BCUT2D eigenvalue weighted by Gasteiger charge is -2.15. The number of hydrogen-bond donors (Lipinski definition) is 1. The molecule has 1 aliphatic rings. The van der Waals surface area contributed by atoms with Crippen molar-refractivity contribution in [3.63, 3.8) is 0 Å². The van der Waals surface area contributed by atoms with E-state index >= 15 is 0 Å². The largest absolute Gasteiger partial charge is 0.489 e. The lowest BCUT2D eigenvalue weighted by Crippen LogP contribution is -2.15. The van der Waals surface area contributed by atoms with E-state index in [0.29, 0.717) is 6.61 Å². The van der Waals surface area contributed by atoms with Gasteiger partial charge in [-0.15, -0.1) is 0 Å². The highest BCUT2D eigenvalue weighted by Crippen LogP contribution is 2.25. The van der Waals surface area contributed by atoms with E-state index < -0.39 is 5.97 Å². The fourth-order valence-electron chi connectivity index (χ4n) is 4.21. The first-order chi connectivity index (χ1) is 15.6. The molecule has 3 aromatic rings. The standard InChI is InChI=1S/C28H29NO3/c1-2-5-24(16-28(30)31)23-12-14-27(15-13-23)32-20-22-10-8-21(9-11-22)17-29-18-25-6-3-4-7-26(25)19-29/h2-15,24H,16-20H2,1H3,(H,30,31)/t24-/m1/s1. The molecular formula is C28H29NO3. The second-order valence-electron chi connectivity index (χ2n) is 8.32. The molecule has 164 valence electrons. The first-order valence-electron chi connectivity index (χ1n) is 11.0. The van der Waals surface area contributed by atoms with Gasteiger partial charge in [-0.05, 0) is 46.9 Å². The highest BCUT2D eigenvalue weighted by Gasteiger charge is 2.18. The summed E-state index contributed by atoms with van der Waals surface area (Å²) >= 11 is 0. The molecule has 0 radical (unpaired) electrons. The molecule has 4 rings (SSSR count). The van der Waals surface area contributed by atoms with Crippen LogP contribution in [0.25, 0.3) is 0 Å². The van der Waals surface area contributed by atoms with Crippen LogP contribution in [0.4, 0.5) is 0 Å². The number of carboxylic acid groups (broad SMARTS) is 1. The van der Waals surface area contributed by atoms with Crippen molar-refractivity contribution in [2.75, 3.05) is 0 Å². The molecule has 4 nitrogen and oxygen atoms in total. The number of carboxylic acids is 1. The van der Waals surface area contributed by atoms with Crippen molar-refractivity contribution in [3.8, 4) is 5.75 Å².